The molecular formula is C22H27N5O. The van der Waals surface area contributed by atoms with Gasteiger partial charge in [0.15, 0.2) is 5.65 Å². The minimum Gasteiger partial charge on any atom is -0.348 e. The number of fused-ring (bicyclic) bond motifs is 1. The summed E-state index contributed by atoms with van der Waals surface area (Å²) in [6.45, 7) is 4.33. The average Bonchev–Trinajstić information content (AvgIpc) is 3.16. The zero-order valence-electron chi connectivity index (χ0n) is 16.3. The Balaban J connectivity index is 1.25. The number of nitrogens with one attached hydrogen (secondary N) is 2. The Morgan fingerprint density at radius 1 is 1.21 bits per heavy atom. The van der Waals surface area contributed by atoms with Crippen molar-refractivity contribution in [2.45, 2.75) is 38.8 Å². The Kier molecular flexibility index (Phi) is 5.67. The lowest BCUT2D eigenvalue weighted by Gasteiger charge is -2.35. The SMILES string of the molecule is CC(C(=O)NCc1nc2ncccc2[nH]1)N1CCC(Cc2ccccc2)CC1. The first-order chi connectivity index (χ1) is 13.7. The van der Waals surface area contributed by atoms with E-state index in [0.29, 0.717) is 18.1 Å². The zero-order chi connectivity index (χ0) is 19.3. The van der Waals surface area contributed by atoms with Crippen LogP contribution in [0.3, 0.4) is 0 Å². The monoisotopic (exact) mass is 377 g/mol. The lowest BCUT2D eigenvalue weighted by Crippen LogP contribution is -2.48. The van der Waals surface area contributed by atoms with Crippen LogP contribution >= 0.6 is 0 Å². The van der Waals surface area contributed by atoms with E-state index in [2.05, 4.69) is 55.5 Å². The van der Waals surface area contributed by atoms with Crippen molar-refractivity contribution < 1.29 is 4.79 Å². The predicted molar refractivity (Wildman–Crippen MR) is 110 cm³/mol. The molecule has 146 valence electrons. The van der Waals surface area contributed by atoms with E-state index < -0.39 is 0 Å². The number of hydrogen-bond donors (Lipinski definition) is 2. The van der Waals surface area contributed by atoms with Crippen LogP contribution in [0.1, 0.15) is 31.2 Å². The molecule has 3 aromatic rings. The van der Waals surface area contributed by atoms with Crippen molar-refractivity contribution in [2.24, 2.45) is 5.92 Å². The average molecular weight is 377 g/mol. The Labute approximate surface area is 165 Å². The van der Waals surface area contributed by atoms with Gasteiger partial charge in [0.05, 0.1) is 18.1 Å². The van der Waals surface area contributed by atoms with E-state index in [0.717, 1.165) is 43.7 Å². The van der Waals surface area contributed by atoms with E-state index >= 15 is 0 Å². The van der Waals surface area contributed by atoms with Crippen LogP contribution in [0.2, 0.25) is 0 Å². The molecule has 1 aliphatic heterocycles. The highest BCUT2D eigenvalue weighted by Crippen LogP contribution is 2.23. The Morgan fingerprint density at radius 2 is 2.00 bits per heavy atom. The van der Waals surface area contributed by atoms with Crippen molar-refractivity contribution in [1.29, 1.82) is 0 Å². The first kappa shape index (κ1) is 18.6. The molecular weight excluding hydrogens is 350 g/mol. The van der Waals surface area contributed by atoms with Crippen LogP contribution in [0.4, 0.5) is 0 Å². The molecule has 1 unspecified atom stereocenters. The molecule has 1 aromatic carbocycles. The number of amides is 1. The van der Waals surface area contributed by atoms with E-state index in [-0.39, 0.29) is 11.9 Å². The minimum absolute atomic E-state index is 0.0509. The highest BCUT2D eigenvalue weighted by Gasteiger charge is 2.26. The van der Waals surface area contributed by atoms with Gasteiger partial charge in [0.1, 0.15) is 5.82 Å². The standard InChI is InChI=1S/C22H27N5O/c1-16(22(28)24-15-20-25-19-8-5-11-23-21(19)26-20)27-12-9-18(10-13-27)14-17-6-3-2-4-7-17/h2-8,11,16,18H,9-10,12-15H2,1H3,(H,24,28)(H,23,25,26). The van der Waals surface area contributed by atoms with E-state index in [9.17, 15) is 4.79 Å². The van der Waals surface area contributed by atoms with Crippen LogP contribution in [0, 0.1) is 5.92 Å². The quantitative estimate of drug-likeness (QED) is 0.693. The fourth-order valence-corrected chi connectivity index (χ4v) is 3.95. The molecule has 0 saturated carbocycles. The lowest BCUT2D eigenvalue weighted by molar-refractivity contribution is -0.126. The molecule has 28 heavy (non-hydrogen) atoms. The van der Waals surface area contributed by atoms with Crippen LogP contribution in [0.5, 0.6) is 0 Å². The maximum atomic E-state index is 12.6. The third kappa shape index (κ3) is 4.39. The van der Waals surface area contributed by atoms with Crippen molar-refractivity contribution in [3.63, 3.8) is 0 Å². The van der Waals surface area contributed by atoms with Gasteiger partial charge in [-0.3, -0.25) is 9.69 Å². The van der Waals surface area contributed by atoms with Crippen LogP contribution < -0.4 is 5.32 Å². The van der Waals surface area contributed by atoms with Gasteiger partial charge in [-0.05, 0) is 62.9 Å². The number of H-pyrrole nitrogens is 1. The largest absolute Gasteiger partial charge is 0.348 e. The molecule has 1 amide bonds. The van der Waals surface area contributed by atoms with Crippen LogP contribution in [0.15, 0.2) is 48.7 Å². The molecule has 1 atom stereocenters. The van der Waals surface area contributed by atoms with E-state index in [1.165, 1.54) is 5.56 Å². The molecule has 0 spiro atoms. The molecule has 1 saturated heterocycles. The van der Waals surface area contributed by atoms with Gasteiger partial charge in [-0.2, -0.15) is 0 Å². The summed E-state index contributed by atoms with van der Waals surface area (Å²) < 4.78 is 0. The second-order valence-corrected chi connectivity index (χ2v) is 7.62. The summed E-state index contributed by atoms with van der Waals surface area (Å²) in [5.74, 6) is 1.49. The number of pyridine rings is 1. The number of piperidine rings is 1. The summed E-state index contributed by atoms with van der Waals surface area (Å²) in [6.07, 6.45) is 5.13. The molecule has 0 radical (unpaired) electrons. The molecule has 1 aliphatic rings. The van der Waals surface area contributed by atoms with E-state index in [1.54, 1.807) is 6.20 Å². The smallest absolute Gasteiger partial charge is 0.237 e. The highest BCUT2D eigenvalue weighted by atomic mass is 16.2. The summed E-state index contributed by atoms with van der Waals surface area (Å²) in [7, 11) is 0. The van der Waals surface area contributed by atoms with Crippen molar-refractivity contribution >= 4 is 17.1 Å². The number of imidazole rings is 1. The first-order valence-corrected chi connectivity index (χ1v) is 10.0. The normalized spacial score (nSPS) is 16.9. The molecule has 0 aliphatic carbocycles. The second kappa shape index (κ2) is 8.52. The van der Waals surface area contributed by atoms with E-state index in [1.807, 2.05) is 19.1 Å². The van der Waals surface area contributed by atoms with Gasteiger partial charge in [-0.15, -0.1) is 0 Å². The van der Waals surface area contributed by atoms with Crippen LogP contribution in [-0.4, -0.2) is 44.9 Å². The summed E-state index contributed by atoms with van der Waals surface area (Å²) in [5.41, 5.74) is 2.98. The van der Waals surface area contributed by atoms with Gasteiger partial charge < -0.3 is 10.3 Å². The Bertz CT molecular complexity index is 882. The highest BCUT2D eigenvalue weighted by molar-refractivity contribution is 5.81. The second-order valence-electron chi connectivity index (χ2n) is 7.62. The summed E-state index contributed by atoms with van der Waals surface area (Å²) in [5, 5.41) is 3.01. The van der Waals surface area contributed by atoms with Gasteiger partial charge in [0, 0.05) is 6.20 Å². The number of carbonyl (C=O) groups excluding carboxylic acids is 1. The number of rotatable bonds is 6. The summed E-state index contributed by atoms with van der Waals surface area (Å²) in [6, 6.07) is 14.4. The predicted octanol–water partition coefficient (Wildman–Crippen LogP) is 2.92. The molecule has 2 N–H and O–H groups in total. The van der Waals surface area contributed by atoms with Gasteiger partial charge in [-0.1, -0.05) is 30.3 Å². The number of aromatic nitrogens is 3. The fourth-order valence-electron chi connectivity index (χ4n) is 3.95. The number of nitrogens with zero attached hydrogens (tertiary/aromatic N) is 3. The maximum absolute atomic E-state index is 12.6. The van der Waals surface area contributed by atoms with Crippen molar-refractivity contribution in [2.75, 3.05) is 13.1 Å². The van der Waals surface area contributed by atoms with Crippen molar-refractivity contribution in [1.82, 2.24) is 25.2 Å². The number of likely N-dealkylation sites (tertiary alicyclic amines) is 1. The molecule has 6 heteroatoms. The van der Waals surface area contributed by atoms with Gasteiger partial charge in [0.25, 0.3) is 0 Å². The summed E-state index contributed by atoms with van der Waals surface area (Å²) in [4.78, 5) is 26.7. The van der Waals surface area contributed by atoms with Crippen molar-refractivity contribution in [3.8, 4) is 0 Å². The Hall–Kier alpha value is -2.73. The number of benzene rings is 1. The topological polar surface area (TPSA) is 73.9 Å². The van der Waals surface area contributed by atoms with Gasteiger partial charge in [0.2, 0.25) is 5.91 Å². The minimum atomic E-state index is -0.125. The van der Waals surface area contributed by atoms with Gasteiger partial charge in [-0.25, -0.2) is 9.97 Å². The van der Waals surface area contributed by atoms with Crippen LogP contribution in [-0.2, 0) is 17.8 Å². The van der Waals surface area contributed by atoms with Gasteiger partial charge >= 0.3 is 0 Å². The first-order valence-electron chi connectivity index (χ1n) is 10.0. The molecule has 6 nitrogen and oxygen atoms in total. The lowest BCUT2D eigenvalue weighted by atomic mass is 9.89. The van der Waals surface area contributed by atoms with Crippen molar-refractivity contribution in [3.05, 3.63) is 60.0 Å². The fraction of sp³-hybridized carbons (Fsp3) is 0.409. The molecule has 3 heterocycles. The Morgan fingerprint density at radius 3 is 2.75 bits per heavy atom. The van der Waals surface area contributed by atoms with Crippen LogP contribution in [0.25, 0.3) is 11.2 Å². The molecule has 2 aromatic heterocycles. The summed E-state index contributed by atoms with van der Waals surface area (Å²) >= 11 is 0. The molecule has 1 fully saturated rings. The molecule has 4 rings (SSSR count). The number of hydrogen-bond acceptors (Lipinski definition) is 4. The van der Waals surface area contributed by atoms with E-state index in [4.69, 9.17) is 0 Å². The number of aromatic amines is 1. The maximum Gasteiger partial charge on any atom is 0.237 e. The zero-order valence-corrected chi connectivity index (χ0v) is 16.3. The third-order valence-corrected chi connectivity index (χ3v) is 5.68. The molecule has 0 bridgehead atoms. The number of carbonyl (C=O) groups is 1. The third-order valence-electron chi connectivity index (χ3n) is 5.68.